The molecule has 10 aromatic carbocycles. The van der Waals surface area contributed by atoms with Gasteiger partial charge in [0.1, 0.15) is 29.3 Å². The molecule has 4 heterocycles. The summed E-state index contributed by atoms with van der Waals surface area (Å²) in [4.78, 5) is 5.55. The number of nitrogens with zero attached hydrogens (tertiary/aromatic N) is 2. The fourth-order valence-electron chi connectivity index (χ4n) is 10.3. The molecule has 0 bridgehead atoms. The van der Waals surface area contributed by atoms with Gasteiger partial charge >= 0.3 is 0 Å². The second kappa shape index (κ2) is 13.4. The summed E-state index contributed by atoms with van der Waals surface area (Å²) >= 11 is 1.85. The molecule has 3 aromatic heterocycles. The maximum Gasteiger partial charge on any atom is 0.136 e. The maximum absolute atomic E-state index is 6.71. The van der Waals surface area contributed by atoms with Crippen LogP contribution in [0.4, 0.5) is 0 Å². The molecule has 0 spiro atoms. The zero-order valence-corrected chi connectivity index (χ0v) is 34.7. The van der Waals surface area contributed by atoms with Crippen LogP contribution in [-0.4, -0.2) is 10.4 Å². The highest BCUT2D eigenvalue weighted by Gasteiger charge is 2.29. The van der Waals surface area contributed by atoms with Gasteiger partial charge in [0.25, 0.3) is 0 Å². The lowest BCUT2D eigenvalue weighted by Crippen LogP contribution is -2.45. The molecule has 63 heavy (non-hydrogen) atoms. The zero-order valence-electron chi connectivity index (χ0n) is 33.8. The van der Waals surface area contributed by atoms with Gasteiger partial charge in [-0.1, -0.05) is 152 Å². The number of fused-ring (bicyclic) bond motifs is 14. The van der Waals surface area contributed by atoms with Gasteiger partial charge in [-0.15, -0.1) is 11.3 Å². The minimum Gasteiger partial charge on any atom is -0.456 e. The van der Waals surface area contributed by atoms with Crippen LogP contribution in [0.1, 0.15) is 29.0 Å². The Balaban J connectivity index is 1.06. The third-order valence-corrected chi connectivity index (χ3v) is 14.5. The van der Waals surface area contributed by atoms with E-state index in [1.54, 1.807) is 0 Å². The lowest BCUT2D eigenvalue weighted by atomic mass is 9.96. The molecule has 0 amide bonds. The number of nitrogens with one attached hydrogen (secondary N) is 2. The number of amidine groups is 1. The summed E-state index contributed by atoms with van der Waals surface area (Å²) in [5.74, 6) is 0.814. The molecule has 14 rings (SSSR count). The van der Waals surface area contributed by atoms with Crippen molar-refractivity contribution in [3.63, 3.8) is 0 Å². The maximum atomic E-state index is 6.71. The fraction of sp³-hybridized carbons (Fsp3) is 0.0351. The van der Waals surface area contributed by atoms with Crippen LogP contribution in [0.15, 0.2) is 204 Å². The largest absolute Gasteiger partial charge is 0.456 e. The van der Waals surface area contributed by atoms with Crippen molar-refractivity contribution in [2.24, 2.45) is 4.99 Å². The second-order valence-electron chi connectivity index (χ2n) is 16.7. The van der Waals surface area contributed by atoms with Crippen LogP contribution in [-0.2, 0) is 0 Å². The summed E-state index contributed by atoms with van der Waals surface area (Å²) in [7, 11) is 0. The highest BCUT2D eigenvalue weighted by atomic mass is 32.1. The van der Waals surface area contributed by atoms with Gasteiger partial charge in [0.05, 0.1) is 11.0 Å². The first kappa shape index (κ1) is 34.9. The molecule has 0 radical (unpaired) electrons. The molecule has 0 fully saturated rings. The number of thiophene rings is 1. The fourth-order valence-corrected chi connectivity index (χ4v) is 11.6. The molecule has 1 aliphatic heterocycles. The monoisotopic (exact) mass is 824 g/mol. The molecule has 0 saturated heterocycles. The van der Waals surface area contributed by atoms with Crippen molar-refractivity contribution < 1.29 is 4.42 Å². The van der Waals surface area contributed by atoms with Crippen LogP contribution in [0, 0.1) is 0 Å². The molecule has 6 heteroatoms. The number of hydrogen-bond donors (Lipinski definition) is 2. The van der Waals surface area contributed by atoms with E-state index in [2.05, 4.69) is 203 Å². The average molecular weight is 825 g/mol. The number of furan rings is 1. The lowest BCUT2D eigenvalue weighted by Gasteiger charge is -2.32. The van der Waals surface area contributed by atoms with Crippen molar-refractivity contribution in [1.29, 1.82) is 0 Å². The summed E-state index contributed by atoms with van der Waals surface area (Å²) in [6.07, 6.45) is -0.542. The third-order valence-electron chi connectivity index (χ3n) is 13.2. The van der Waals surface area contributed by atoms with Gasteiger partial charge in [-0.05, 0) is 75.0 Å². The van der Waals surface area contributed by atoms with Crippen LogP contribution < -0.4 is 10.6 Å². The minimum atomic E-state index is -0.307. The van der Waals surface area contributed by atoms with Gasteiger partial charge in [0.2, 0.25) is 0 Å². The Morgan fingerprint density at radius 2 is 1.24 bits per heavy atom. The quantitative estimate of drug-likeness (QED) is 0.186. The summed E-state index contributed by atoms with van der Waals surface area (Å²) in [6.45, 7) is 0. The standard InChI is InChI=1S/C57H36N4OS/c1-2-14-34(15-3-1)55-58-56(44-22-12-21-42-39-19-9-11-24-51(39)63-54(42)44)60-57(59-55)47-32-50-52(43-20-8-10-23-49(43)62-50)40-28-26-37(31-45(40)47)61-48-30-36-17-5-4-16-35(36)29-46(48)41-27-25-33-13-6-7-18-38(33)53(41)61/h1-32,55-56,58H,(H,59,60). The Labute approximate surface area is 365 Å². The van der Waals surface area contributed by atoms with Gasteiger partial charge in [-0.25, -0.2) is 4.99 Å². The van der Waals surface area contributed by atoms with Crippen LogP contribution in [0.25, 0.3) is 102 Å². The van der Waals surface area contributed by atoms with E-state index in [1.807, 2.05) is 17.4 Å². The van der Waals surface area contributed by atoms with E-state index in [9.17, 15) is 0 Å². The van der Waals surface area contributed by atoms with Crippen molar-refractivity contribution in [3.8, 4) is 5.69 Å². The van der Waals surface area contributed by atoms with E-state index in [4.69, 9.17) is 9.41 Å². The Hall–Kier alpha value is -7.77. The van der Waals surface area contributed by atoms with Crippen LogP contribution in [0.2, 0.25) is 0 Å². The van der Waals surface area contributed by atoms with Gasteiger partial charge in [-0.2, -0.15) is 0 Å². The van der Waals surface area contributed by atoms with E-state index in [0.29, 0.717) is 0 Å². The molecule has 5 nitrogen and oxygen atoms in total. The molecule has 13 aromatic rings. The topological polar surface area (TPSA) is 54.5 Å². The molecule has 296 valence electrons. The molecule has 2 unspecified atom stereocenters. The Morgan fingerprint density at radius 1 is 0.508 bits per heavy atom. The van der Waals surface area contributed by atoms with E-state index >= 15 is 0 Å². The second-order valence-corrected chi connectivity index (χ2v) is 17.8. The lowest BCUT2D eigenvalue weighted by molar-refractivity contribution is 0.411. The van der Waals surface area contributed by atoms with Crippen molar-refractivity contribution in [2.75, 3.05) is 0 Å². The number of hydrogen-bond acceptors (Lipinski definition) is 5. The molecular formula is C57H36N4OS. The summed E-state index contributed by atoms with van der Waals surface area (Å²) in [6, 6.07) is 70.3. The smallest absolute Gasteiger partial charge is 0.136 e. The van der Waals surface area contributed by atoms with E-state index in [0.717, 1.165) is 55.4 Å². The Bertz CT molecular complexity index is 4060. The first-order chi connectivity index (χ1) is 31.2. The zero-order chi connectivity index (χ0) is 41.2. The van der Waals surface area contributed by atoms with E-state index < -0.39 is 0 Å². The predicted octanol–water partition coefficient (Wildman–Crippen LogP) is 14.8. The summed E-state index contributed by atoms with van der Waals surface area (Å²) in [5.41, 5.74) is 8.45. The van der Waals surface area contributed by atoms with Gasteiger partial charge < -0.3 is 14.3 Å². The molecule has 1 aliphatic rings. The Morgan fingerprint density at radius 3 is 2.13 bits per heavy atom. The normalized spacial score (nSPS) is 15.8. The first-order valence-electron chi connectivity index (χ1n) is 21.5. The van der Waals surface area contributed by atoms with Gasteiger partial charge in [0.15, 0.2) is 0 Å². The highest BCUT2D eigenvalue weighted by Crippen LogP contribution is 2.43. The number of aliphatic imine (C=N–C) groups is 1. The molecule has 0 saturated carbocycles. The predicted molar refractivity (Wildman–Crippen MR) is 265 cm³/mol. The molecule has 2 atom stereocenters. The van der Waals surface area contributed by atoms with E-state index in [1.165, 1.54) is 69.1 Å². The van der Waals surface area contributed by atoms with Crippen molar-refractivity contribution in [2.45, 2.75) is 12.3 Å². The number of para-hydroxylation sites is 1. The van der Waals surface area contributed by atoms with Gasteiger partial charge in [0, 0.05) is 63.9 Å². The third kappa shape index (κ3) is 5.23. The van der Waals surface area contributed by atoms with E-state index in [-0.39, 0.29) is 12.3 Å². The molecular weight excluding hydrogens is 789 g/mol. The van der Waals surface area contributed by atoms with Crippen LogP contribution in [0.5, 0.6) is 0 Å². The highest BCUT2D eigenvalue weighted by molar-refractivity contribution is 7.26. The number of aromatic nitrogens is 1. The van der Waals surface area contributed by atoms with Gasteiger partial charge in [-0.3, -0.25) is 5.32 Å². The summed E-state index contributed by atoms with van der Waals surface area (Å²) < 4.78 is 11.7. The molecule has 2 N–H and O–H groups in total. The SMILES string of the molecule is c1ccc(C2N=C(c3cc4oc5ccccc5c4c4ccc(-n5c6cc7ccccc7cc6c6ccc7ccccc7c65)cc34)NC(c3cccc4c3sc3ccccc34)N2)cc1. The Kier molecular flexibility index (Phi) is 7.40. The number of rotatable bonds is 4. The average Bonchev–Trinajstić information content (AvgIpc) is 4.02. The van der Waals surface area contributed by atoms with Crippen LogP contribution >= 0.6 is 11.3 Å². The van der Waals surface area contributed by atoms with Crippen molar-refractivity contribution in [3.05, 3.63) is 211 Å². The number of benzene rings is 10. The summed E-state index contributed by atoms with van der Waals surface area (Å²) in [5, 5.41) is 22.2. The molecule has 0 aliphatic carbocycles. The minimum absolute atomic E-state index is 0.235. The van der Waals surface area contributed by atoms with Crippen molar-refractivity contribution >= 4 is 113 Å². The first-order valence-corrected chi connectivity index (χ1v) is 22.3. The van der Waals surface area contributed by atoms with Crippen LogP contribution in [0.3, 0.4) is 0 Å². The van der Waals surface area contributed by atoms with Crippen molar-refractivity contribution in [1.82, 2.24) is 15.2 Å².